The zero-order valence-electron chi connectivity index (χ0n) is 11.3. The Labute approximate surface area is 114 Å². The maximum absolute atomic E-state index is 5.14. The zero-order valence-corrected chi connectivity index (χ0v) is 11.3. The molecule has 1 N–H and O–H groups in total. The molecule has 0 aliphatic rings. The minimum atomic E-state index is 0.272. The number of nitrogens with one attached hydrogen (secondary N) is 1. The molecule has 98 valence electrons. The van der Waals surface area contributed by atoms with Crippen LogP contribution in [0.5, 0.6) is 5.75 Å². The van der Waals surface area contributed by atoms with Crippen LogP contribution in [0, 0.1) is 0 Å². The molecule has 2 rings (SSSR count). The van der Waals surface area contributed by atoms with Crippen molar-refractivity contribution in [2.24, 2.45) is 0 Å². The number of anilines is 1. The van der Waals surface area contributed by atoms with Crippen LogP contribution in [0.25, 0.3) is 6.08 Å². The van der Waals surface area contributed by atoms with Gasteiger partial charge >= 0.3 is 0 Å². The summed E-state index contributed by atoms with van der Waals surface area (Å²) in [5.74, 6) is 0.873. The quantitative estimate of drug-likeness (QED) is 0.862. The van der Waals surface area contributed by atoms with E-state index in [0.717, 1.165) is 11.4 Å². The Kier molecular flexibility index (Phi) is 4.62. The van der Waals surface area contributed by atoms with Crippen LogP contribution >= 0.6 is 0 Å². The van der Waals surface area contributed by atoms with Crippen LogP contribution in [0.2, 0.25) is 0 Å². The van der Waals surface area contributed by atoms with Crippen LogP contribution in [0.15, 0.2) is 60.7 Å². The normalized spacial score (nSPS) is 12.3. The Hall–Kier alpha value is -2.22. The second kappa shape index (κ2) is 6.64. The molecule has 0 aliphatic heterocycles. The van der Waals surface area contributed by atoms with E-state index in [9.17, 15) is 0 Å². The fraction of sp³-hybridized carbons (Fsp3) is 0.176. The van der Waals surface area contributed by atoms with Crippen molar-refractivity contribution in [3.8, 4) is 5.75 Å². The molecule has 0 heterocycles. The maximum atomic E-state index is 5.14. The SMILES string of the molecule is COc1ccc(N[C@@H](C)/C=C/c2ccccc2)cc1. The number of methoxy groups -OCH3 is 1. The summed E-state index contributed by atoms with van der Waals surface area (Å²) in [6, 6.07) is 18.5. The Morgan fingerprint density at radius 2 is 1.68 bits per heavy atom. The number of benzene rings is 2. The third kappa shape index (κ3) is 4.18. The molecule has 2 aromatic carbocycles. The van der Waals surface area contributed by atoms with E-state index in [4.69, 9.17) is 4.74 Å². The fourth-order valence-electron chi connectivity index (χ4n) is 1.82. The highest BCUT2D eigenvalue weighted by atomic mass is 16.5. The van der Waals surface area contributed by atoms with Crippen molar-refractivity contribution in [2.45, 2.75) is 13.0 Å². The van der Waals surface area contributed by atoms with Gasteiger partial charge in [0.2, 0.25) is 0 Å². The van der Waals surface area contributed by atoms with Gasteiger partial charge in [-0.25, -0.2) is 0 Å². The van der Waals surface area contributed by atoms with Crippen molar-refractivity contribution in [1.29, 1.82) is 0 Å². The van der Waals surface area contributed by atoms with E-state index in [0.29, 0.717) is 0 Å². The van der Waals surface area contributed by atoms with E-state index >= 15 is 0 Å². The zero-order chi connectivity index (χ0) is 13.5. The lowest BCUT2D eigenvalue weighted by Crippen LogP contribution is -2.11. The van der Waals surface area contributed by atoms with Gasteiger partial charge in [0.15, 0.2) is 0 Å². The number of ether oxygens (including phenoxy) is 1. The van der Waals surface area contributed by atoms with Crippen LogP contribution in [-0.4, -0.2) is 13.2 Å². The third-order valence-electron chi connectivity index (χ3n) is 2.86. The van der Waals surface area contributed by atoms with E-state index in [1.165, 1.54) is 5.56 Å². The minimum absolute atomic E-state index is 0.272. The largest absolute Gasteiger partial charge is 0.497 e. The van der Waals surface area contributed by atoms with Gasteiger partial charge in [-0.05, 0) is 36.8 Å². The van der Waals surface area contributed by atoms with E-state index in [2.05, 4.69) is 36.5 Å². The van der Waals surface area contributed by atoms with E-state index in [1.807, 2.05) is 42.5 Å². The van der Waals surface area contributed by atoms with Crippen molar-refractivity contribution < 1.29 is 4.74 Å². The minimum Gasteiger partial charge on any atom is -0.497 e. The fourth-order valence-corrected chi connectivity index (χ4v) is 1.82. The molecule has 0 amide bonds. The van der Waals surface area contributed by atoms with Gasteiger partial charge in [0.25, 0.3) is 0 Å². The first-order chi connectivity index (χ1) is 9.28. The summed E-state index contributed by atoms with van der Waals surface area (Å²) in [5, 5.41) is 3.42. The first kappa shape index (κ1) is 13.2. The van der Waals surface area contributed by atoms with Gasteiger partial charge in [-0.1, -0.05) is 42.5 Å². The summed E-state index contributed by atoms with van der Waals surface area (Å²) in [4.78, 5) is 0. The van der Waals surface area contributed by atoms with Gasteiger partial charge in [0.05, 0.1) is 7.11 Å². The predicted molar refractivity (Wildman–Crippen MR) is 81.6 cm³/mol. The Balaban J connectivity index is 1.93. The van der Waals surface area contributed by atoms with Crippen molar-refractivity contribution in [3.63, 3.8) is 0 Å². The Bertz CT molecular complexity index is 517. The average molecular weight is 253 g/mol. The highest BCUT2D eigenvalue weighted by Gasteiger charge is 1.98. The summed E-state index contributed by atoms with van der Waals surface area (Å²) >= 11 is 0. The molecule has 1 atom stereocenters. The number of hydrogen-bond acceptors (Lipinski definition) is 2. The molecule has 0 radical (unpaired) electrons. The molecular formula is C17H19NO. The molecule has 19 heavy (non-hydrogen) atoms. The van der Waals surface area contributed by atoms with E-state index in [1.54, 1.807) is 7.11 Å². The standard InChI is InChI=1S/C17H19NO/c1-14(8-9-15-6-4-3-5-7-15)18-16-10-12-17(19-2)13-11-16/h3-14,18H,1-2H3/b9-8+/t14-/m0/s1. The number of hydrogen-bond donors (Lipinski definition) is 1. The van der Waals surface area contributed by atoms with Gasteiger partial charge in [-0.3, -0.25) is 0 Å². The summed E-state index contributed by atoms with van der Waals surface area (Å²) in [6.07, 6.45) is 4.28. The monoisotopic (exact) mass is 253 g/mol. The van der Waals surface area contributed by atoms with Crippen LogP contribution in [-0.2, 0) is 0 Å². The van der Waals surface area contributed by atoms with E-state index in [-0.39, 0.29) is 6.04 Å². The van der Waals surface area contributed by atoms with Crippen LogP contribution in [0.1, 0.15) is 12.5 Å². The summed E-state index contributed by atoms with van der Waals surface area (Å²) in [6.45, 7) is 2.13. The highest BCUT2D eigenvalue weighted by Crippen LogP contribution is 2.16. The lowest BCUT2D eigenvalue weighted by Gasteiger charge is -2.11. The molecule has 0 aliphatic carbocycles. The molecule has 2 heteroatoms. The van der Waals surface area contributed by atoms with Crippen LogP contribution in [0.3, 0.4) is 0 Å². The van der Waals surface area contributed by atoms with Gasteiger partial charge in [0.1, 0.15) is 5.75 Å². The summed E-state index contributed by atoms with van der Waals surface area (Å²) in [5.41, 5.74) is 2.30. The molecule has 0 saturated carbocycles. The van der Waals surface area contributed by atoms with Crippen molar-refractivity contribution in [3.05, 3.63) is 66.2 Å². The highest BCUT2D eigenvalue weighted by molar-refractivity contribution is 5.52. The lowest BCUT2D eigenvalue weighted by atomic mass is 10.2. The van der Waals surface area contributed by atoms with Crippen molar-refractivity contribution in [1.82, 2.24) is 0 Å². The number of rotatable bonds is 5. The van der Waals surface area contributed by atoms with Gasteiger partial charge in [-0.2, -0.15) is 0 Å². The molecule has 0 spiro atoms. The molecule has 0 fully saturated rings. The molecule has 0 unspecified atom stereocenters. The summed E-state index contributed by atoms with van der Waals surface area (Å²) in [7, 11) is 1.67. The van der Waals surface area contributed by atoms with Gasteiger partial charge < -0.3 is 10.1 Å². The third-order valence-corrected chi connectivity index (χ3v) is 2.86. The van der Waals surface area contributed by atoms with Gasteiger partial charge in [-0.15, -0.1) is 0 Å². The predicted octanol–water partition coefficient (Wildman–Crippen LogP) is 4.21. The molecule has 0 aromatic heterocycles. The Morgan fingerprint density at radius 3 is 2.32 bits per heavy atom. The maximum Gasteiger partial charge on any atom is 0.119 e. The first-order valence-electron chi connectivity index (χ1n) is 6.42. The molecule has 0 saturated heterocycles. The lowest BCUT2D eigenvalue weighted by molar-refractivity contribution is 0.415. The van der Waals surface area contributed by atoms with Gasteiger partial charge in [0, 0.05) is 11.7 Å². The summed E-state index contributed by atoms with van der Waals surface area (Å²) < 4.78 is 5.14. The second-order valence-corrected chi connectivity index (χ2v) is 4.43. The molecule has 2 nitrogen and oxygen atoms in total. The Morgan fingerprint density at radius 1 is 1.00 bits per heavy atom. The molecule has 2 aromatic rings. The van der Waals surface area contributed by atoms with Crippen molar-refractivity contribution in [2.75, 3.05) is 12.4 Å². The average Bonchev–Trinajstić information content (AvgIpc) is 2.47. The topological polar surface area (TPSA) is 21.3 Å². The molecule has 0 bridgehead atoms. The second-order valence-electron chi connectivity index (χ2n) is 4.43. The smallest absolute Gasteiger partial charge is 0.119 e. The molecular weight excluding hydrogens is 234 g/mol. The van der Waals surface area contributed by atoms with Crippen molar-refractivity contribution >= 4 is 11.8 Å². The first-order valence-corrected chi connectivity index (χ1v) is 6.42. The van der Waals surface area contributed by atoms with E-state index < -0.39 is 0 Å². The van der Waals surface area contributed by atoms with Crippen LogP contribution < -0.4 is 10.1 Å². The van der Waals surface area contributed by atoms with Crippen LogP contribution in [0.4, 0.5) is 5.69 Å².